The van der Waals surface area contributed by atoms with E-state index in [0.717, 1.165) is 0 Å². The van der Waals surface area contributed by atoms with Gasteiger partial charge in [0.1, 0.15) is 0 Å². The number of aryl methyl sites for hydroxylation is 1. The molecule has 0 fully saturated rings. The van der Waals surface area contributed by atoms with Gasteiger partial charge in [-0.2, -0.15) is 0 Å². The van der Waals surface area contributed by atoms with Crippen molar-refractivity contribution in [3.8, 4) is 0 Å². The number of hydrogen-bond donors (Lipinski definition) is 1. The average Bonchev–Trinajstić information content (AvgIpc) is 2.12. The minimum Gasteiger partial charge on any atom is -0.372 e. The topological polar surface area (TPSA) is 35.2 Å². The molecule has 0 aromatic heterocycles. The first-order valence-corrected chi connectivity index (χ1v) is 4.65. The molecule has 2 atom stereocenters. The summed E-state index contributed by atoms with van der Waals surface area (Å²) in [5.41, 5.74) is 9.76. The van der Waals surface area contributed by atoms with Crippen LogP contribution >= 0.6 is 0 Å². The quantitative estimate of drug-likeness (QED) is 0.657. The second-order valence-corrected chi connectivity index (χ2v) is 3.74. The Morgan fingerprint density at radius 3 is 3.00 bits per heavy atom. The molecule has 1 aromatic rings. The number of nitrogens with two attached hydrogens (primary N) is 1. The highest BCUT2D eigenvalue weighted by Crippen LogP contribution is 2.27. The highest BCUT2D eigenvalue weighted by Gasteiger charge is 2.23. The van der Waals surface area contributed by atoms with Crippen LogP contribution in [0.25, 0.3) is 0 Å². The summed E-state index contributed by atoms with van der Waals surface area (Å²) in [7, 11) is 0. The third kappa shape index (κ3) is 1.47. The summed E-state index contributed by atoms with van der Waals surface area (Å²) >= 11 is 0. The molecule has 0 radical (unpaired) electrons. The molecule has 0 spiro atoms. The Morgan fingerprint density at radius 1 is 1.46 bits per heavy atom. The van der Waals surface area contributed by atoms with Gasteiger partial charge in [-0.05, 0) is 25.0 Å². The summed E-state index contributed by atoms with van der Waals surface area (Å²) in [5, 5.41) is 0. The van der Waals surface area contributed by atoms with Crippen molar-refractivity contribution in [3.63, 3.8) is 0 Å². The van der Waals surface area contributed by atoms with Gasteiger partial charge in [-0.15, -0.1) is 0 Å². The maximum atomic E-state index is 6.01. The second kappa shape index (κ2) is 3.13. The van der Waals surface area contributed by atoms with E-state index >= 15 is 0 Å². The normalized spacial score (nSPS) is 27.0. The SMILES string of the molecule is Cc1ccc2c(c1)CO[C@@H](C)C2N. The van der Waals surface area contributed by atoms with Crippen molar-refractivity contribution < 1.29 is 4.74 Å². The van der Waals surface area contributed by atoms with Gasteiger partial charge < -0.3 is 10.5 Å². The molecule has 1 heterocycles. The van der Waals surface area contributed by atoms with Crippen LogP contribution in [0.4, 0.5) is 0 Å². The molecule has 2 rings (SSSR count). The first-order chi connectivity index (χ1) is 6.18. The smallest absolute Gasteiger partial charge is 0.0744 e. The van der Waals surface area contributed by atoms with Gasteiger partial charge in [-0.25, -0.2) is 0 Å². The Labute approximate surface area is 78.7 Å². The van der Waals surface area contributed by atoms with Gasteiger partial charge in [0.05, 0.1) is 18.8 Å². The monoisotopic (exact) mass is 177 g/mol. The standard InChI is InChI=1S/C11H15NO/c1-7-3-4-10-9(5-7)6-13-8(2)11(10)12/h3-5,8,11H,6,12H2,1-2H3/t8-,11?/m0/s1. The zero-order chi connectivity index (χ0) is 9.42. The van der Waals surface area contributed by atoms with Crippen LogP contribution < -0.4 is 5.73 Å². The molecule has 2 heteroatoms. The van der Waals surface area contributed by atoms with Gasteiger partial charge in [0.15, 0.2) is 0 Å². The van der Waals surface area contributed by atoms with Crippen LogP contribution in [-0.4, -0.2) is 6.10 Å². The molecule has 1 aliphatic rings. The summed E-state index contributed by atoms with van der Waals surface area (Å²) in [5.74, 6) is 0. The lowest BCUT2D eigenvalue weighted by atomic mass is 9.94. The Kier molecular flexibility index (Phi) is 2.10. The zero-order valence-corrected chi connectivity index (χ0v) is 8.08. The fourth-order valence-corrected chi connectivity index (χ4v) is 1.76. The van der Waals surface area contributed by atoms with Crippen LogP contribution in [0.2, 0.25) is 0 Å². The predicted octanol–water partition coefficient (Wildman–Crippen LogP) is 1.91. The first-order valence-electron chi connectivity index (χ1n) is 4.65. The van der Waals surface area contributed by atoms with E-state index in [2.05, 4.69) is 25.1 Å². The van der Waals surface area contributed by atoms with E-state index in [0.29, 0.717) is 6.61 Å². The molecule has 1 aliphatic heterocycles. The maximum Gasteiger partial charge on any atom is 0.0744 e. The Morgan fingerprint density at radius 2 is 2.23 bits per heavy atom. The minimum atomic E-state index is 0.0318. The fraction of sp³-hybridized carbons (Fsp3) is 0.455. The van der Waals surface area contributed by atoms with E-state index < -0.39 is 0 Å². The lowest BCUT2D eigenvalue weighted by molar-refractivity contribution is 0.0213. The highest BCUT2D eigenvalue weighted by atomic mass is 16.5. The first kappa shape index (κ1) is 8.73. The van der Waals surface area contributed by atoms with Gasteiger partial charge >= 0.3 is 0 Å². The molecule has 2 nitrogen and oxygen atoms in total. The van der Waals surface area contributed by atoms with E-state index in [1.165, 1.54) is 16.7 Å². The van der Waals surface area contributed by atoms with Gasteiger partial charge in [-0.1, -0.05) is 23.8 Å². The van der Waals surface area contributed by atoms with E-state index in [1.807, 2.05) is 6.92 Å². The van der Waals surface area contributed by atoms with Crippen molar-refractivity contribution in [3.05, 3.63) is 34.9 Å². The fourth-order valence-electron chi connectivity index (χ4n) is 1.76. The summed E-state index contributed by atoms with van der Waals surface area (Å²) in [6.45, 7) is 4.81. The molecular weight excluding hydrogens is 162 g/mol. The minimum absolute atomic E-state index is 0.0318. The van der Waals surface area contributed by atoms with E-state index in [9.17, 15) is 0 Å². The van der Waals surface area contributed by atoms with Crippen molar-refractivity contribution in [2.45, 2.75) is 32.6 Å². The molecule has 0 saturated heterocycles. The van der Waals surface area contributed by atoms with Crippen LogP contribution in [-0.2, 0) is 11.3 Å². The van der Waals surface area contributed by atoms with Gasteiger partial charge in [0, 0.05) is 0 Å². The van der Waals surface area contributed by atoms with Gasteiger partial charge in [0.2, 0.25) is 0 Å². The summed E-state index contributed by atoms with van der Waals surface area (Å²) < 4.78 is 5.55. The van der Waals surface area contributed by atoms with Crippen LogP contribution in [0.5, 0.6) is 0 Å². The lowest BCUT2D eigenvalue weighted by Gasteiger charge is -2.28. The van der Waals surface area contributed by atoms with Crippen molar-refractivity contribution in [1.29, 1.82) is 0 Å². The molecule has 0 saturated carbocycles. The highest BCUT2D eigenvalue weighted by molar-refractivity contribution is 5.35. The van der Waals surface area contributed by atoms with Crippen LogP contribution in [0.15, 0.2) is 18.2 Å². The molecule has 1 unspecified atom stereocenters. The molecule has 1 aromatic carbocycles. The number of fused-ring (bicyclic) bond motifs is 1. The van der Waals surface area contributed by atoms with Crippen molar-refractivity contribution in [1.82, 2.24) is 0 Å². The second-order valence-electron chi connectivity index (χ2n) is 3.74. The van der Waals surface area contributed by atoms with Crippen molar-refractivity contribution in [2.24, 2.45) is 5.73 Å². The van der Waals surface area contributed by atoms with Crippen LogP contribution in [0.1, 0.15) is 29.7 Å². The molecule has 2 N–H and O–H groups in total. The Hall–Kier alpha value is -0.860. The third-order valence-electron chi connectivity index (χ3n) is 2.67. The largest absolute Gasteiger partial charge is 0.372 e. The molecule has 70 valence electrons. The van der Waals surface area contributed by atoms with Gasteiger partial charge in [0.25, 0.3) is 0 Å². The maximum absolute atomic E-state index is 6.01. The van der Waals surface area contributed by atoms with Crippen molar-refractivity contribution >= 4 is 0 Å². The Bertz CT molecular complexity index is 322. The van der Waals surface area contributed by atoms with Crippen molar-refractivity contribution in [2.75, 3.05) is 0 Å². The number of hydrogen-bond acceptors (Lipinski definition) is 2. The van der Waals surface area contributed by atoms with E-state index in [-0.39, 0.29) is 12.1 Å². The number of ether oxygens (including phenoxy) is 1. The molecule has 13 heavy (non-hydrogen) atoms. The summed E-state index contributed by atoms with van der Waals surface area (Å²) in [6.07, 6.45) is 0.134. The zero-order valence-electron chi connectivity index (χ0n) is 8.08. The number of benzene rings is 1. The van der Waals surface area contributed by atoms with Gasteiger partial charge in [-0.3, -0.25) is 0 Å². The molecule has 0 bridgehead atoms. The van der Waals surface area contributed by atoms with E-state index in [4.69, 9.17) is 10.5 Å². The summed E-state index contributed by atoms with van der Waals surface area (Å²) in [6, 6.07) is 6.41. The third-order valence-corrected chi connectivity index (χ3v) is 2.67. The number of rotatable bonds is 0. The summed E-state index contributed by atoms with van der Waals surface area (Å²) in [4.78, 5) is 0. The van der Waals surface area contributed by atoms with Crippen LogP contribution in [0.3, 0.4) is 0 Å². The lowest BCUT2D eigenvalue weighted by Crippen LogP contribution is -2.31. The van der Waals surface area contributed by atoms with E-state index in [1.54, 1.807) is 0 Å². The molecular formula is C11H15NO. The van der Waals surface area contributed by atoms with Crippen LogP contribution in [0, 0.1) is 6.92 Å². The predicted molar refractivity (Wildman–Crippen MR) is 52.4 cm³/mol. The average molecular weight is 177 g/mol. The molecule has 0 amide bonds. The Balaban J connectivity index is 2.44. The molecule has 0 aliphatic carbocycles.